The third-order valence-electron chi connectivity index (χ3n) is 5.64. The molecule has 0 spiro atoms. The van der Waals surface area contributed by atoms with Gasteiger partial charge in [-0.3, -0.25) is 4.79 Å². The van der Waals surface area contributed by atoms with Gasteiger partial charge in [-0.25, -0.2) is 0 Å². The molecule has 1 amide bonds. The van der Waals surface area contributed by atoms with Gasteiger partial charge in [-0.2, -0.15) is 4.98 Å². The Bertz CT molecular complexity index is 1110. The van der Waals surface area contributed by atoms with Crippen LogP contribution in [0, 0.1) is 0 Å². The Morgan fingerprint density at radius 1 is 0.848 bits per heavy atom. The quantitative estimate of drug-likeness (QED) is 0.320. The molecule has 33 heavy (non-hydrogen) atoms. The van der Waals surface area contributed by atoms with Crippen molar-refractivity contribution in [2.24, 2.45) is 0 Å². The lowest BCUT2D eigenvalue weighted by Gasteiger charge is -2.23. The lowest BCUT2D eigenvalue weighted by molar-refractivity contribution is -0.132. The molecule has 0 atom stereocenters. The van der Waals surface area contributed by atoms with Gasteiger partial charge in [0.1, 0.15) is 0 Å². The Balaban J connectivity index is 1.41. The van der Waals surface area contributed by atoms with Crippen molar-refractivity contribution in [1.82, 2.24) is 15.0 Å². The van der Waals surface area contributed by atoms with E-state index in [2.05, 4.69) is 36.1 Å². The van der Waals surface area contributed by atoms with Gasteiger partial charge in [-0.1, -0.05) is 104 Å². The average Bonchev–Trinajstić information content (AvgIpc) is 3.32. The normalized spacial score (nSPS) is 11.0. The van der Waals surface area contributed by atoms with E-state index in [1.54, 1.807) is 0 Å². The smallest absolute Gasteiger partial charge is 0.227 e. The SMILES string of the molecule is CC(C)c1ccc(-c2noc(CCC(=O)N(Cc3ccccc3)Cc3ccccc3)n2)cc1. The molecule has 4 aromatic rings. The zero-order valence-corrected chi connectivity index (χ0v) is 19.1. The van der Waals surface area contributed by atoms with Crippen LogP contribution in [0.25, 0.3) is 11.4 Å². The molecule has 3 aromatic carbocycles. The molecule has 0 bridgehead atoms. The Kier molecular flexibility index (Phi) is 7.30. The lowest BCUT2D eigenvalue weighted by atomic mass is 10.0. The second-order valence-corrected chi connectivity index (χ2v) is 8.51. The van der Waals surface area contributed by atoms with E-state index in [1.807, 2.05) is 77.7 Å². The topological polar surface area (TPSA) is 59.2 Å². The fraction of sp³-hybridized carbons (Fsp3) is 0.250. The van der Waals surface area contributed by atoms with Crippen molar-refractivity contribution >= 4 is 5.91 Å². The van der Waals surface area contributed by atoms with Crippen LogP contribution in [0.15, 0.2) is 89.5 Å². The maximum atomic E-state index is 13.1. The molecule has 0 radical (unpaired) electrons. The minimum atomic E-state index is 0.0590. The number of aromatic nitrogens is 2. The van der Waals surface area contributed by atoms with E-state index in [0.717, 1.165) is 16.7 Å². The molecule has 1 heterocycles. The van der Waals surface area contributed by atoms with Gasteiger partial charge in [-0.05, 0) is 22.6 Å². The van der Waals surface area contributed by atoms with E-state index in [0.29, 0.717) is 43.6 Å². The first-order chi connectivity index (χ1) is 16.1. The maximum absolute atomic E-state index is 13.1. The third kappa shape index (κ3) is 6.16. The largest absolute Gasteiger partial charge is 0.339 e. The zero-order valence-electron chi connectivity index (χ0n) is 19.1. The number of hydrogen-bond acceptors (Lipinski definition) is 4. The Morgan fingerprint density at radius 3 is 1.97 bits per heavy atom. The molecular weight excluding hydrogens is 410 g/mol. The third-order valence-corrected chi connectivity index (χ3v) is 5.64. The predicted octanol–water partition coefficient (Wildman–Crippen LogP) is 6.02. The first-order valence-corrected chi connectivity index (χ1v) is 11.4. The minimum absolute atomic E-state index is 0.0590. The van der Waals surface area contributed by atoms with Gasteiger partial charge in [0.05, 0.1) is 0 Å². The van der Waals surface area contributed by atoms with Crippen LogP contribution in [-0.2, 0) is 24.3 Å². The molecule has 0 aliphatic rings. The predicted molar refractivity (Wildman–Crippen MR) is 129 cm³/mol. The van der Waals surface area contributed by atoms with Gasteiger partial charge >= 0.3 is 0 Å². The van der Waals surface area contributed by atoms with E-state index in [-0.39, 0.29) is 5.91 Å². The zero-order chi connectivity index (χ0) is 23.0. The molecule has 0 aliphatic heterocycles. The summed E-state index contributed by atoms with van der Waals surface area (Å²) < 4.78 is 5.43. The molecular formula is C28H29N3O2. The van der Waals surface area contributed by atoms with Crippen LogP contribution in [-0.4, -0.2) is 20.9 Å². The van der Waals surface area contributed by atoms with Crippen LogP contribution in [0.3, 0.4) is 0 Å². The number of carbonyl (C=O) groups excluding carboxylic acids is 1. The van der Waals surface area contributed by atoms with Crippen molar-refractivity contribution in [3.05, 3.63) is 108 Å². The van der Waals surface area contributed by atoms with Crippen LogP contribution >= 0.6 is 0 Å². The molecule has 0 saturated carbocycles. The molecule has 5 heteroatoms. The highest BCUT2D eigenvalue weighted by Gasteiger charge is 2.17. The molecule has 0 saturated heterocycles. The van der Waals surface area contributed by atoms with E-state index in [9.17, 15) is 4.79 Å². The molecule has 0 aliphatic carbocycles. The Morgan fingerprint density at radius 2 is 1.42 bits per heavy atom. The fourth-order valence-electron chi connectivity index (χ4n) is 3.70. The van der Waals surface area contributed by atoms with Crippen LogP contribution in [0.2, 0.25) is 0 Å². The minimum Gasteiger partial charge on any atom is -0.339 e. The first kappa shape index (κ1) is 22.5. The van der Waals surface area contributed by atoms with Crippen molar-refractivity contribution in [3.63, 3.8) is 0 Å². The van der Waals surface area contributed by atoms with E-state index < -0.39 is 0 Å². The highest BCUT2D eigenvalue weighted by Crippen LogP contribution is 2.21. The summed E-state index contributed by atoms with van der Waals surface area (Å²) in [6.07, 6.45) is 0.726. The summed E-state index contributed by atoms with van der Waals surface area (Å²) in [5.41, 5.74) is 4.39. The van der Waals surface area contributed by atoms with Crippen molar-refractivity contribution in [2.75, 3.05) is 0 Å². The van der Waals surface area contributed by atoms with Gasteiger partial charge in [0.15, 0.2) is 0 Å². The Hall–Kier alpha value is -3.73. The number of aryl methyl sites for hydroxylation is 1. The molecule has 4 rings (SSSR count). The second-order valence-electron chi connectivity index (χ2n) is 8.51. The van der Waals surface area contributed by atoms with Gasteiger partial charge in [0, 0.05) is 31.5 Å². The lowest BCUT2D eigenvalue weighted by Crippen LogP contribution is -2.30. The number of benzene rings is 3. The van der Waals surface area contributed by atoms with Gasteiger partial charge in [-0.15, -0.1) is 0 Å². The second kappa shape index (κ2) is 10.7. The van der Waals surface area contributed by atoms with Crippen molar-refractivity contribution in [2.45, 2.75) is 45.7 Å². The number of nitrogens with zero attached hydrogens (tertiary/aromatic N) is 3. The number of carbonyl (C=O) groups is 1. The van der Waals surface area contributed by atoms with Crippen molar-refractivity contribution in [1.29, 1.82) is 0 Å². The fourth-order valence-corrected chi connectivity index (χ4v) is 3.70. The number of hydrogen-bond donors (Lipinski definition) is 0. The highest BCUT2D eigenvalue weighted by atomic mass is 16.5. The molecule has 168 valence electrons. The van der Waals surface area contributed by atoms with E-state index in [4.69, 9.17) is 4.52 Å². The molecule has 5 nitrogen and oxygen atoms in total. The summed E-state index contributed by atoms with van der Waals surface area (Å²) >= 11 is 0. The van der Waals surface area contributed by atoms with Crippen LogP contribution in [0.1, 0.15) is 48.8 Å². The van der Waals surface area contributed by atoms with Crippen LogP contribution in [0.5, 0.6) is 0 Å². The van der Waals surface area contributed by atoms with E-state index >= 15 is 0 Å². The van der Waals surface area contributed by atoms with Gasteiger partial charge < -0.3 is 9.42 Å². The van der Waals surface area contributed by atoms with Gasteiger partial charge in [0.2, 0.25) is 17.6 Å². The summed E-state index contributed by atoms with van der Waals surface area (Å²) in [5, 5.41) is 4.11. The van der Waals surface area contributed by atoms with Crippen LogP contribution < -0.4 is 0 Å². The molecule has 0 N–H and O–H groups in total. The summed E-state index contributed by atoms with van der Waals surface area (Å²) in [6.45, 7) is 5.45. The maximum Gasteiger partial charge on any atom is 0.227 e. The summed E-state index contributed by atoms with van der Waals surface area (Å²) in [6, 6.07) is 28.3. The standard InChI is InChI=1S/C28H29N3O2/c1-21(2)24-13-15-25(16-14-24)28-29-26(33-30-28)17-18-27(32)31(19-22-9-5-3-6-10-22)20-23-11-7-4-8-12-23/h3-16,21H,17-20H2,1-2H3. The average molecular weight is 440 g/mol. The Labute approximate surface area is 195 Å². The van der Waals surface area contributed by atoms with Gasteiger partial charge in [0.25, 0.3) is 0 Å². The van der Waals surface area contributed by atoms with E-state index in [1.165, 1.54) is 5.56 Å². The van der Waals surface area contributed by atoms with Crippen molar-refractivity contribution < 1.29 is 9.32 Å². The summed E-state index contributed by atoms with van der Waals surface area (Å²) in [5.74, 6) is 1.56. The first-order valence-electron chi connectivity index (χ1n) is 11.4. The number of rotatable bonds is 9. The monoisotopic (exact) mass is 439 g/mol. The molecule has 1 aromatic heterocycles. The van der Waals surface area contributed by atoms with Crippen LogP contribution in [0.4, 0.5) is 0 Å². The number of amides is 1. The molecule has 0 fully saturated rings. The summed E-state index contributed by atoms with van der Waals surface area (Å²) in [4.78, 5) is 19.5. The molecule has 0 unspecified atom stereocenters. The highest BCUT2D eigenvalue weighted by molar-refractivity contribution is 5.76. The van der Waals surface area contributed by atoms with Crippen molar-refractivity contribution in [3.8, 4) is 11.4 Å². The summed E-state index contributed by atoms with van der Waals surface area (Å²) in [7, 11) is 0.